The maximum Gasteiger partial charge on any atom is 0.251 e. The highest BCUT2D eigenvalue weighted by atomic mass is 16.5. The summed E-state index contributed by atoms with van der Waals surface area (Å²) in [5, 5.41) is 7.11. The van der Waals surface area contributed by atoms with Crippen LogP contribution < -0.4 is 5.32 Å². The Morgan fingerprint density at radius 3 is 2.68 bits per heavy atom. The minimum Gasteiger partial charge on any atom is -0.381 e. The minimum atomic E-state index is -0.0638. The number of rotatable bonds is 4. The second kappa shape index (κ2) is 7.40. The molecular formula is C20H24N2O3. The fraction of sp³-hybridized carbons (Fsp3) is 0.500. The van der Waals surface area contributed by atoms with Crippen molar-refractivity contribution < 1.29 is 14.1 Å². The van der Waals surface area contributed by atoms with E-state index in [4.69, 9.17) is 9.26 Å². The molecular weight excluding hydrogens is 316 g/mol. The standard InChI is InChI=1S/C20H24N2O3/c23-20(21-13-18-17-3-1-2-4-19(17)25-22-18)16-7-5-14(6-8-16)15-9-11-24-12-10-15/h5-8,15H,1-4,9-13H2,(H,21,23). The van der Waals surface area contributed by atoms with E-state index in [1.165, 1.54) is 17.5 Å². The summed E-state index contributed by atoms with van der Waals surface area (Å²) in [6.45, 7) is 2.09. The van der Waals surface area contributed by atoms with Gasteiger partial charge in [0.25, 0.3) is 5.91 Å². The van der Waals surface area contributed by atoms with Crippen LogP contribution in [0.5, 0.6) is 0 Å². The van der Waals surface area contributed by atoms with Crippen LogP contribution in [0.15, 0.2) is 28.8 Å². The van der Waals surface area contributed by atoms with E-state index in [-0.39, 0.29) is 5.91 Å². The highest BCUT2D eigenvalue weighted by Crippen LogP contribution is 2.27. The molecule has 2 heterocycles. The molecule has 0 radical (unpaired) electrons. The van der Waals surface area contributed by atoms with Gasteiger partial charge in [-0.3, -0.25) is 4.79 Å². The zero-order chi connectivity index (χ0) is 17.1. The first-order valence-electron chi connectivity index (χ1n) is 9.23. The molecule has 1 aliphatic carbocycles. The van der Waals surface area contributed by atoms with E-state index in [0.29, 0.717) is 18.0 Å². The molecule has 25 heavy (non-hydrogen) atoms. The first-order valence-corrected chi connectivity index (χ1v) is 9.23. The highest BCUT2D eigenvalue weighted by molar-refractivity contribution is 5.94. The third-order valence-corrected chi connectivity index (χ3v) is 5.31. The predicted octanol–water partition coefficient (Wildman–Crippen LogP) is 3.38. The summed E-state index contributed by atoms with van der Waals surface area (Å²) in [7, 11) is 0. The van der Waals surface area contributed by atoms with Crippen LogP contribution in [-0.4, -0.2) is 24.3 Å². The summed E-state index contributed by atoms with van der Waals surface area (Å²) >= 11 is 0. The molecule has 1 amide bonds. The number of nitrogens with zero attached hydrogens (tertiary/aromatic N) is 1. The molecule has 4 rings (SSSR count). The number of aromatic nitrogens is 1. The number of aryl methyl sites for hydroxylation is 1. The van der Waals surface area contributed by atoms with Crippen LogP contribution in [0.4, 0.5) is 0 Å². The van der Waals surface area contributed by atoms with Crippen molar-refractivity contribution in [2.24, 2.45) is 0 Å². The molecule has 1 fully saturated rings. The monoisotopic (exact) mass is 340 g/mol. The van der Waals surface area contributed by atoms with Crippen LogP contribution in [-0.2, 0) is 24.1 Å². The number of hydrogen-bond acceptors (Lipinski definition) is 4. The van der Waals surface area contributed by atoms with Gasteiger partial charge in [-0.25, -0.2) is 0 Å². The number of amides is 1. The highest BCUT2D eigenvalue weighted by Gasteiger charge is 2.20. The average Bonchev–Trinajstić information content (AvgIpc) is 3.10. The van der Waals surface area contributed by atoms with Crippen molar-refractivity contribution >= 4 is 5.91 Å². The van der Waals surface area contributed by atoms with Gasteiger partial charge in [0.15, 0.2) is 0 Å². The molecule has 1 N–H and O–H groups in total. The molecule has 1 saturated heterocycles. The molecule has 0 atom stereocenters. The molecule has 0 unspecified atom stereocenters. The lowest BCUT2D eigenvalue weighted by Crippen LogP contribution is -2.24. The quantitative estimate of drug-likeness (QED) is 0.927. The smallest absolute Gasteiger partial charge is 0.251 e. The number of ether oxygens (including phenoxy) is 1. The van der Waals surface area contributed by atoms with Gasteiger partial charge in [0, 0.05) is 30.8 Å². The topological polar surface area (TPSA) is 64.4 Å². The molecule has 1 aromatic heterocycles. The van der Waals surface area contributed by atoms with Gasteiger partial charge in [0.05, 0.1) is 6.54 Å². The van der Waals surface area contributed by atoms with E-state index in [2.05, 4.69) is 22.6 Å². The van der Waals surface area contributed by atoms with Gasteiger partial charge in [-0.2, -0.15) is 0 Å². The summed E-state index contributed by atoms with van der Waals surface area (Å²) in [6.07, 6.45) is 6.41. The number of carbonyl (C=O) groups is 1. The van der Waals surface area contributed by atoms with Crippen molar-refractivity contribution in [1.82, 2.24) is 10.5 Å². The minimum absolute atomic E-state index is 0.0638. The summed E-state index contributed by atoms with van der Waals surface area (Å²) in [5.74, 6) is 1.48. The Hall–Kier alpha value is -2.14. The number of carbonyl (C=O) groups excluding carboxylic acids is 1. The Morgan fingerprint density at radius 1 is 1.12 bits per heavy atom. The van der Waals surface area contributed by atoms with Crippen molar-refractivity contribution in [3.63, 3.8) is 0 Å². The largest absolute Gasteiger partial charge is 0.381 e. The molecule has 0 spiro atoms. The van der Waals surface area contributed by atoms with E-state index in [9.17, 15) is 4.79 Å². The van der Waals surface area contributed by atoms with Gasteiger partial charge in [0.2, 0.25) is 0 Å². The second-order valence-electron chi connectivity index (χ2n) is 6.93. The Balaban J connectivity index is 1.37. The van der Waals surface area contributed by atoms with Gasteiger partial charge in [0.1, 0.15) is 11.5 Å². The van der Waals surface area contributed by atoms with Crippen molar-refractivity contribution in [2.75, 3.05) is 13.2 Å². The van der Waals surface area contributed by atoms with Crippen molar-refractivity contribution in [3.8, 4) is 0 Å². The average molecular weight is 340 g/mol. The SMILES string of the molecule is O=C(NCc1noc2c1CCCC2)c1ccc(C2CCOCC2)cc1. The predicted molar refractivity (Wildman–Crippen MR) is 93.6 cm³/mol. The first-order chi connectivity index (χ1) is 12.3. The zero-order valence-electron chi connectivity index (χ0n) is 14.4. The van der Waals surface area contributed by atoms with E-state index in [1.807, 2.05) is 12.1 Å². The van der Waals surface area contributed by atoms with Gasteiger partial charge >= 0.3 is 0 Å². The normalized spacial score (nSPS) is 17.9. The number of hydrogen-bond donors (Lipinski definition) is 1. The molecule has 132 valence electrons. The number of nitrogens with one attached hydrogen (secondary N) is 1. The van der Waals surface area contributed by atoms with Gasteiger partial charge in [-0.05, 0) is 55.7 Å². The summed E-state index contributed by atoms with van der Waals surface area (Å²) in [6, 6.07) is 7.97. The lowest BCUT2D eigenvalue weighted by Gasteiger charge is -2.22. The van der Waals surface area contributed by atoms with Crippen molar-refractivity contribution in [1.29, 1.82) is 0 Å². The first kappa shape index (κ1) is 16.3. The zero-order valence-corrected chi connectivity index (χ0v) is 14.4. The Labute approximate surface area is 147 Å². The van der Waals surface area contributed by atoms with Crippen LogP contribution in [0.2, 0.25) is 0 Å². The summed E-state index contributed by atoms with van der Waals surface area (Å²) in [4.78, 5) is 12.4. The van der Waals surface area contributed by atoms with E-state index < -0.39 is 0 Å². The van der Waals surface area contributed by atoms with Crippen molar-refractivity contribution in [2.45, 2.75) is 51.0 Å². The lowest BCUT2D eigenvalue weighted by molar-refractivity contribution is 0.0853. The van der Waals surface area contributed by atoms with E-state index in [1.54, 1.807) is 0 Å². The van der Waals surface area contributed by atoms with Gasteiger partial charge in [-0.15, -0.1) is 0 Å². The van der Waals surface area contributed by atoms with Crippen molar-refractivity contribution in [3.05, 3.63) is 52.4 Å². The molecule has 1 aliphatic heterocycles. The lowest BCUT2D eigenvalue weighted by atomic mass is 9.91. The van der Waals surface area contributed by atoms with Crippen LogP contribution in [0.1, 0.15) is 64.5 Å². The number of fused-ring (bicyclic) bond motifs is 1. The Morgan fingerprint density at radius 2 is 1.88 bits per heavy atom. The molecule has 1 aromatic carbocycles. The summed E-state index contributed by atoms with van der Waals surface area (Å²) in [5.41, 5.74) is 4.06. The van der Waals surface area contributed by atoms with E-state index in [0.717, 1.165) is 56.8 Å². The maximum absolute atomic E-state index is 12.4. The van der Waals surface area contributed by atoms with Crippen LogP contribution in [0.25, 0.3) is 0 Å². The maximum atomic E-state index is 12.4. The van der Waals surface area contributed by atoms with Crippen LogP contribution in [0.3, 0.4) is 0 Å². The third kappa shape index (κ3) is 3.61. The second-order valence-corrected chi connectivity index (χ2v) is 6.93. The fourth-order valence-electron chi connectivity index (χ4n) is 3.79. The molecule has 5 heteroatoms. The fourth-order valence-corrected chi connectivity index (χ4v) is 3.79. The van der Waals surface area contributed by atoms with Gasteiger partial charge in [-0.1, -0.05) is 17.3 Å². The molecule has 2 aliphatic rings. The summed E-state index contributed by atoms with van der Waals surface area (Å²) < 4.78 is 10.8. The molecule has 5 nitrogen and oxygen atoms in total. The Bertz CT molecular complexity index is 730. The number of benzene rings is 1. The van der Waals surface area contributed by atoms with Gasteiger partial charge < -0.3 is 14.6 Å². The Kier molecular flexibility index (Phi) is 4.83. The molecule has 0 bridgehead atoms. The third-order valence-electron chi connectivity index (χ3n) is 5.31. The van der Waals surface area contributed by atoms with Crippen LogP contribution in [0, 0.1) is 0 Å². The molecule has 2 aromatic rings. The van der Waals surface area contributed by atoms with Crippen LogP contribution >= 0.6 is 0 Å². The molecule has 0 saturated carbocycles. The van der Waals surface area contributed by atoms with E-state index >= 15 is 0 Å².